The van der Waals surface area contributed by atoms with E-state index >= 15 is 0 Å². The molecule has 3 heterocycles. The number of aromatic amines is 1. The monoisotopic (exact) mass is 312 g/mol. The van der Waals surface area contributed by atoms with Gasteiger partial charge in [-0.1, -0.05) is 12.2 Å². The zero-order chi connectivity index (χ0) is 15.1. The Kier molecular flexibility index (Phi) is 3.55. The van der Waals surface area contributed by atoms with Crippen molar-refractivity contribution in [1.29, 1.82) is 0 Å². The average molecular weight is 312 g/mol. The first-order chi connectivity index (χ1) is 10.0. The summed E-state index contributed by atoms with van der Waals surface area (Å²) in [5.74, 6) is 0. The van der Waals surface area contributed by atoms with Crippen LogP contribution in [0.5, 0.6) is 0 Å². The fourth-order valence-electron chi connectivity index (χ4n) is 2.33. The largest absolute Gasteiger partial charge is 0.394 e. The predicted octanol–water partition coefficient (Wildman–Crippen LogP) is -1.54. The van der Waals surface area contributed by atoms with E-state index in [1.165, 1.54) is 12.5 Å². The number of nitrogens with zero attached hydrogens (tertiary/aromatic N) is 3. The first kappa shape index (κ1) is 14.2. The molecule has 112 valence electrons. The molecule has 0 bridgehead atoms. The molecular formula is C11H12N4O5S. The number of ether oxygens (including phenoxy) is 1. The molecule has 1 fully saturated rings. The van der Waals surface area contributed by atoms with Crippen LogP contribution in [0, 0.1) is 4.64 Å². The molecule has 2 aromatic rings. The zero-order valence-electron chi connectivity index (χ0n) is 10.6. The molecule has 1 aliphatic heterocycles. The van der Waals surface area contributed by atoms with E-state index in [1.807, 2.05) is 0 Å². The Bertz CT molecular complexity index is 790. The summed E-state index contributed by atoms with van der Waals surface area (Å²) in [6.45, 7) is -0.487. The molecule has 21 heavy (non-hydrogen) atoms. The summed E-state index contributed by atoms with van der Waals surface area (Å²) in [5.41, 5.74) is -0.463. The number of aliphatic hydroxyl groups excluding tert-OH is 3. The molecule has 1 aliphatic rings. The molecule has 0 aliphatic carbocycles. The predicted molar refractivity (Wildman–Crippen MR) is 72.0 cm³/mol. The summed E-state index contributed by atoms with van der Waals surface area (Å²) >= 11 is 5.03. The van der Waals surface area contributed by atoms with Gasteiger partial charge in [-0.05, 0) is 0 Å². The minimum atomic E-state index is -1.39. The van der Waals surface area contributed by atoms with Crippen molar-refractivity contribution in [2.75, 3.05) is 6.61 Å². The summed E-state index contributed by atoms with van der Waals surface area (Å²) in [4.78, 5) is 22.4. The van der Waals surface area contributed by atoms with E-state index in [9.17, 15) is 15.0 Å². The van der Waals surface area contributed by atoms with Crippen LogP contribution in [0.2, 0.25) is 0 Å². The Morgan fingerprint density at radius 3 is 2.86 bits per heavy atom. The fourth-order valence-corrected chi connectivity index (χ4v) is 2.56. The van der Waals surface area contributed by atoms with Crippen molar-refractivity contribution >= 4 is 23.3 Å². The normalized spacial score (nSPS) is 29.1. The van der Waals surface area contributed by atoms with Gasteiger partial charge in [0, 0.05) is 6.20 Å². The number of hydrogen-bond donors (Lipinski definition) is 4. The van der Waals surface area contributed by atoms with E-state index in [4.69, 9.17) is 22.1 Å². The molecule has 9 nitrogen and oxygen atoms in total. The summed E-state index contributed by atoms with van der Waals surface area (Å²) in [6.07, 6.45) is -2.22. The van der Waals surface area contributed by atoms with Crippen LogP contribution in [0.25, 0.3) is 11.0 Å². The number of nitrogens with one attached hydrogen (secondary N) is 1. The Hall–Kier alpha value is -1.72. The maximum Gasteiger partial charge on any atom is 0.330 e. The summed E-state index contributed by atoms with van der Waals surface area (Å²) in [5, 5.41) is 29.3. The Morgan fingerprint density at radius 2 is 2.19 bits per heavy atom. The maximum absolute atomic E-state index is 12.1. The van der Waals surface area contributed by atoms with E-state index < -0.39 is 36.8 Å². The molecule has 0 spiro atoms. The minimum absolute atomic E-state index is 0.165. The van der Waals surface area contributed by atoms with Crippen molar-refractivity contribution in [1.82, 2.24) is 19.5 Å². The second-order valence-corrected chi connectivity index (χ2v) is 5.03. The van der Waals surface area contributed by atoms with Gasteiger partial charge in [0.1, 0.15) is 29.3 Å². The number of aliphatic hydroxyl groups is 3. The fraction of sp³-hybridized carbons (Fsp3) is 0.455. The highest BCUT2D eigenvalue weighted by atomic mass is 32.1. The SMILES string of the molecule is O=c1[nH]c(=S)c2cncnc2n1C1OC(CO)C(O)C1O. The molecule has 4 N–H and O–H groups in total. The van der Waals surface area contributed by atoms with Gasteiger partial charge < -0.3 is 20.1 Å². The van der Waals surface area contributed by atoms with Crippen LogP contribution in [-0.4, -0.2) is 59.8 Å². The molecule has 1 saturated heterocycles. The number of fused-ring (bicyclic) bond motifs is 1. The molecule has 0 radical (unpaired) electrons. The highest BCUT2D eigenvalue weighted by Gasteiger charge is 2.44. The van der Waals surface area contributed by atoms with Gasteiger partial charge in [-0.2, -0.15) is 0 Å². The summed E-state index contributed by atoms with van der Waals surface area (Å²) in [7, 11) is 0. The number of aromatic nitrogens is 4. The van der Waals surface area contributed by atoms with Crippen molar-refractivity contribution in [3.05, 3.63) is 27.6 Å². The Labute approximate surface area is 122 Å². The molecular weight excluding hydrogens is 300 g/mol. The van der Waals surface area contributed by atoms with Crippen LogP contribution in [0.4, 0.5) is 0 Å². The van der Waals surface area contributed by atoms with Gasteiger partial charge in [-0.15, -0.1) is 0 Å². The number of rotatable bonds is 2. The average Bonchev–Trinajstić information content (AvgIpc) is 2.75. The van der Waals surface area contributed by atoms with Crippen molar-refractivity contribution in [3.63, 3.8) is 0 Å². The highest BCUT2D eigenvalue weighted by molar-refractivity contribution is 7.71. The molecule has 4 unspecified atom stereocenters. The van der Waals surface area contributed by atoms with Crippen LogP contribution in [0.3, 0.4) is 0 Å². The van der Waals surface area contributed by atoms with Crippen molar-refractivity contribution in [2.45, 2.75) is 24.5 Å². The smallest absolute Gasteiger partial charge is 0.330 e. The molecule has 10 heteroatoms. The molecule has 3 rings (SSSR count). The van der Waals surface area contributed by atoms with Crippen LogP contribution < -0.4 is 5.69 Å². The van der Waals surface area contributed by atoms with Gasteiger partial charge in [-0.25, -0.2) is 19.3 Å². The lowest BCUT2D eigenvalue weighted by molar-refractivity contribution is -0.0530. The van der Waals surface area contributed by atoms with Gasteiger partial charge in [0.25, 0.3) is 0 Å². The van der Waals surface area contributed by atoms with Gasteiger partial charge >= 0.3 is 5.69 Å². The van der Waals surface area contributed by atoms with Crippen LogP contribution in [0.1, 0.15) is 6.23 Å². The summed E-state index contributed by atoms with van der Waals surface area (Å²) < 4.78 is 6.57. The lowest BCUT2D eigenvalue weighted by atomic mass is 10.1. The first-order valence-corrected chi connectivity index (χ1v) is 6.52. The lowest BCUT2D eigenvalue weighted by Gasteiger charge is -2.18. The third-order valence-electron chi connectivity index (χ3n) is 3.37. The third kappa shape index (κ3) is 2.17. The first-order valence-electron chi connectivity index (χ1n) is 6.11. The second kappa shape index (κ2) is 5.24. The second-order valence-electron chi connectivity index (χ2n) is 4.62. The minimum Gasteiger partial charge on any atom is -0.394 e. The van der Waals surface area contributed by atoms with Crippen LogP contribution in [0.15, 0.2) is 17.3 Å². The molecule has 0 aromatic carbocycles. The quantitative estimate of drug-likeness (QED) is 0.490. The molecule has 0 amide bonds. The molecule has 2 aromatic heterocycles. The highest BCUT2D eigenvalue weighted by Crippen LogP contribution is 2.29. The lowest BCUT2D eigenvalue weighted by Crippen LogP contribution is -2.36. The van der Waals surface area contributed by atoms with Crippen molar-refractivity contribution in [3.8, 4) is 0 Å². The van der Waals surface area contributed by atoms with Crippen LogP contribution in [-0.2, 0) is 4.74 Å². The van der Waals surface area contributed by atoms with Gasteiger partial charge in [-0.3, -0.25) is 4.98 Å². The topological polar surface area (TPSA) is 133 Å². The molecule has 0 saturated carbocycles. The van der Waals surface area contributed by atoms with Gasteiger partial charge in [0.2, 0.25) is 0 Å². The maximum atomic E-state index is 12.1. The zero-order valence-corrected chi connectivity index (χ0v) is 11.4. The van der Waals surface area contributed by atoms with Gasteiger partial charge in [0.05, 0.1) is 12.0 Å². The Balaban J connectivity index is 2.22. The Morgan fingerprint density at radius 1 is 1.43 bits per heavy atom. The van der Waals surface area contributed by atoms with Crippen LogP contribution >= 0.6 is 12.2 Å². The van der Waals surface area contributed by atoms with E-state index in [2.05, 4.69) is 15.0 Å². The standard InChI is InChI=1S/C11H12N4O5S/c16-2-5-6(17)7(18)10(20-5)15-8-4(1-12-3-13-8)9(21)14-11(15)19/h1,3,5-7,10,16-18H,2H2,(H,14,19,21). The van der Waals surface area contributed by atoms with E-state index in [1.54, 1.807) is 0 Å². The molecule has 4 atom stereocenters. The third-order valence-corrected chi connectivity index (χ3v) is 3.70. The van der Waals surface area contributed by atoms with Gasteiger partial charge in [0.15, 0.2) is 11.9 Å². The van der Waals surface area contributed by atoms with Crippen molar-refractivity contribution in [2.24, 2.45) is 0 Å². The summed E-state index contributed by atoms with van der Waals surface area (Å²) in [6, 6.07) is 0. The number of H-pyrrole nitrogens is 1. The van der Waals surface area contributed by atoms with E-state index in [-0.39, 0.29) is 10.3 Å². The van der Waals surface area contributed by atoms with Crippen molar-refractivity contribution < 1.29 is 20.1 Å². The van der Waals surface area contributed by atoms with E-state index in [0.29, 0.717) is 5.39 Å². The van der Waals surface area contributed by atoms with E-state index in [0.717, 1.165) is 4.57 Å². The number of hydrogen-bond acceptors (Lipinski definition) is 8.